The standard InChI is InChI=1S/C48H84N2O10/c1-14-35(44(53)54)37-19-18-29(4)42(57-37)33(8)40(51)32(7)41(52)36(15-2)43-30(5)28-31(6)47(58-43)23-20-38(49-26-17-27-50(11,12)13)48(60-47)25-24-45(10,59-48)39-21-22-46(55,16-3)34(9)56-39/h20,23,29-40,42-43,49,51,55H,14-19,21-22,24-28H2,1-13H3/p+1/t29-,30-,31+,32-,33-,34-,35+,36-,37+,38+,39+,40+,42+,43-,45-,46+,47?,48-/m0/s1. The van der Waals surface area contributed by atoms with Gasteiger partial charge in [-0.1, -0.05) is 61.5 Å². The molecule has 346 valence electrons. The van der Waals surface area contributed by atoms with Crippen LogP contribution in [0.15, 0.2) is 12.2 Å². The molecule has 0 aromatic heterocycles. The number of Topliss-reactive ketones (excluding diaryl/α,β-unsaturated/α-hetero) is 1. The Morgan fingerprint density at radius 1 is 0.900 bits per heavy atom. The Morgan fingerprint density at radius 2 is 1.58 bits per heavy atom. The van der Waals surface area contributed by atoms with Gasteiger partial charge in [0.15, 0.2) is 11.6 Å². The highest BCUT2D eigenvalue weighted by Gasteiger charge is 2.63. The number of ether oxygens (including phenoxy) is 5. The van der Waals surface area contributed by atoms with Gasteiger partial charge in [-0.25, -0.2) is 0 Å². The summed E-state index contributed by atoms with van der Waals surface area (Å²) in [5.41, 5.74) is -1.51. The first-order chi connectivity index (χ1) is 28.0. The molecule has 4 fully saturated rings. The molecular weight excluding hydrogens is 765 g/mol. The van der Waals surface area contributed by atoms with Gasteiger partial charge in [0, 0.05) is 43.1 Å². The number of ketones is 1. The van der Waals surface area contributed by atoms with Crippen LogP contribution in [0.5, 0.6) is 0 Å². The van der Waals surface area contributed by atoms with Crippen molar-refractivity contribution in [1.29, 1.82) is 0 Å². The van der Waals surface area contributed by atoms with Crippen LogP contribution in [0.25, 0.3) is 0 Å². The van der Waals surface area contributed by atoms with Gasteiger partial charge in [0.2, 0.25) is 0 Å². The topological polar surface area (TPSA) is 153 Å². The van der Waals surface area contributed by atoms with Crippen LogP contribution in [-0.4, -0.2) is 131 Å². The minimum atomic E-state index is -1.14. The first-order valence-corrected chi connectivity index (χ1v) is 23.8. The molecule has 0 aliphatic carbocycles. The van der Waals surface area contributed by atoms with E-state index in [4.69, 9.17) is 23.7 Å². The van der Waals surface area contributed by atoms with Crippen molar-refractivity contribution in [2.24, 2.45) is 41.4 Å². The number of carbonyl (C=O) groups excluding carboxylic acids is 1. The molecule has 60 heavy (non-hydrogen) atoms. The van der Waals surface area contributed by atoms with Crippen LogP contribution in [-0.2, 0) is 33.3 Å². The number of carbonyl (C=O) groups is 2. The van der Waals surface area contributed by atoms with Crippen molar-refractivity contribution in [2.45, 2.75) is 205 Å². The summed E-state index contributed by atoms with van der Waals surface area (Å²) in [7, 11) is 6.60. The molecule has 2 spiro atoms. The number of rotatable bonds is 17. The summed E-state index contributed by atoms with van der Waals surface area (Å²) < 4.78 is 35.8. The lowest BCUT2D eigenvalue weighted by Gasteiger charge is -2.55. The van der Waals surface area contributed by atoms with Gasteiger partial charge in [-0.05, 0) is 89.5 Å². The lowest BCUT2D eigenvalue weighted by atomic mass is 9.72. The smallest absolute Gasteiger partial charge is 0.309 e. The first-order valence-electron chi connectivity index (χ1n) is 23.8. The summed E-state index contributed by atoms with van der Waals surface area (Å²) in [6.45, 7) is 21.9. The van der Waals surface area contributed by atoms with E-state index in [-0.39, 0.29) is 53.8 Å². The van der Waals surface area contributed by atoms with Gasteiger partial charge >= 0.3 is 5.97 Å². The van der Waals surface area contributed by atoms with E-state index < -0.39 is 64.8 Å². The number of nitrogens with one attached hydrogen (secondary N) is 1. The van der Waals surface area contributed by atoms with Gasteiger partial charge in [-0.2, -0.15) is 0 Å². The van der Waals surface area contributed by atoms with Gasteiger partial charge in [-0.3, -0.25) is 9.59 Å². The third-order valence-electron chi connectivity index (χ3n) is 15.8. The van der Waals surface area contributed by atoms with E-state index in [1.54, 1.807) is 0 Å². The fraction of sp³-hybridized carbons (Fsp3) is 0.917. The Balaban J connectivity index is 1.37. The number of hydrogen-bond donors (Lipinski definition) is 4. The quantitative estimate of drug-likeness (QED) is 0.0689. The van der Waals surface area contributed by atoms with Crippen molar-refractivity contribution in [3.63, 3.8) is 0 Å². The van der Waals surface area contributed by atoms with Crippen molar-refractivity contribution in [3.05, 3.63) is 12.2 Å². The second-order valence-corrected chi connectivity index (χ2v) is 21.3. The van der Waals surface area contributed by atoms with Crippen molar-refractivity contribution in [3.8, 4) is 0 Å². The predicted octanol–water partition coefficient (Wildman–Crippen LogP) is 6.88. The molecule has 0 bridgehead atoms. The molecule has 5 rings (SSSR count). The summed E-state index contributed by atoms with van der Waals surface area (Å²) in [5, 5.41) is 36.8. The molecule has 0 saturated carbocycles. The summed E-state index contributed by atoms with van der Waals surface area (Å²) in [6.07, 6.45) is 9.04. The molecule has 12 nitrogen and oxygen atoms in total. The normalized spacial score (nSPS) is 42.5. The summed E-state index contributed by atoms with van der Waals surface area (Å²) in [4.78, 5) is 26.7. The highest BCUT2D eigenvalue weighted by Crippen LogP contribution is 2.54. The maximum absolute atomic E-state index is 14.7. The fourth-order valence-corrected chi connectivity index (χ4v) is 11.5. The van der Waals surface area contributed by atoms with Crippen LogP contribution in [0.4, 0.5) is 0 Å². The van der Waals surface area contributed by atoms with E-state index in [9.17, 15) is 24.9 Å². The van der Waals surface area contributed by atoms with E-state index in [1.807, 2.05) is 41.5 Å². The van der Waals surface area contributed by atoms with E-state index in [1.165, 1.54) is 0 Å². The summed E-state index contributed by atoms with van der Waals surface area (Å²) in [5.74, 6) is -5.12. The highest BCUT2D eigenvalue weighted by molar-refractivity contribution is 5.84. The Hall–Kier alpha value is -1.48. The summed E-state index contributed by atoms with van der Waals surface area (Å²) >= 11 is 0. The Morgan fingerprint density at radius 3 is 2.18 bits per heavy atom. The van der Waals surface area contributed by atoms with Gasteiger partial charge in [0.05, 0.1) is 87.5 Å². The maximum Gasteiger partial charge on any atom is 0.309 e. The monoisotopic (exact) mass is 850 g/mol. The molecule has 0 aromatic rings. The fourth-order valence-electron chi connectivity index (χ4n) is 11.5. The number of quaternary nitrogens is 1. The number of aliphatic hydroxyl groups is 2. The van der Waals surface area contributed by atoms with Crippen LogP contribution < -0.4 is 5.32 Å². The average Bonchev–Trinajstić information content (AvgIpc) is 3.53. The van der Waals surface area contributed by atoms with Gasteiger partial charge in [0.1, 0.15) is 5.78 Å². The van der Waals surface area contributed by atoms with Crippen molar-refractivity contribution in [2.75, 3.05) is 34.2 Å². The molecule has 4 saturated heterocycles. The Kier molecular flexibility index (Phi) is 16.0. The second-order valence-electron chi connectivity index (χ2n) is 21.3. The molecule has 18 atom stereocenters. The molecule has 1 unspecified atom stereocenters. The number of hydrogen-bond acceptors (Lipinski definition) is 10. The number of carboxylic acids is 1. The molecule has 5 heterocycles. The second kappa shape index (κ2) is 19.3. The minimum Gasteiger partial charge on any atom is -0.481 e. The Bertz CT molecular complexity index is 1490. The molecule has 4 N–H and O–H groups in total. The van der Waals surface area contributed by atoms with E-state index in [0.29, 0.717) is 51.4 Å². The van der Waals surface area contributed by atoms with E-state index in [2.05, 4.69) is 66.3 Å². The molecule has 5 aliphatic rings. The van der Waals surface area contributed by atoms with Gasteiger partial charge in [0.25, 0.3) is 0 Å². The minimum absolute atomic E-state index is 0.0386. The largest absolute Gasteiger partial charge is 0.481 e. The van der Waals surface area contributed by atoms with Crippen LogP contribution in [0.1, 0.15) is 140 Å². The third kappa shape index (κ3) is 10.2. The first kappa shape index (κ1) is 49.5. The number of aliphatic hydroxyl groups excluding tert-OH is 1. The van der Waals surface area contributed by atoms with Gasteiger partial charge < -0.3 is 48.8 Å². The lowest BCUT2D eigenvalue weighted by Crippen LogP contribution is -2.65. The van der Waals surface area contributed by atoms with E-state index >= 15 is 0 Å². The van der Waals surface area contributed by atoms with Crippen molar-refractivity contribution < 1.29 is 53.1 Å². The lowest BCUT2D eigenvalue weighted by molar-refractivity contribution is -0.870. The van der Waals surface area contributed by atoms with Crippen LogP contribution in [0.3, 0.4) is 0 Å². The molecule has 0 aromatic carbocycles. The van der Waals surface area contributed by atoms with Crippen molar-refractivity contribution >= 4 is 11.8 Å². The molecule has 0 amide bonds. The number of aliphatic carboxylic acids is 1. The molecule has 0 radical (unpaired) electrons. The molecule has 12 heteroatoms. The molecule has 5 aliphatic heterocycles. The third-order valence-corrected chi connectivity index (χ3v) is 15.8. The SMILES string of the molecule is CC[C@@H](C(=O)[C@@H](C)[C@@H](O)[C@H](C)[C@@H]1O[C@@H]([C@@H](CC)C(=O)O)CC[C@@H]1C)[C@H]1OC2(C=C[C@@H](NCCC[N+](C)(C)C)[C@]3(CC[C@@](C)([C@H]4CC[C@](O)(CC)[C@H](C)O4)O3)O2)[C@H](C)C[C@@H]1C. The number of carboxylic acid groups (broad SMARTS) is 1. The maximum atomic E-state index is 14.7. The predicted molar refractivity (Wildman–Crippen MR) is 232 cm³/mol. The average molecular weight is 850 g/mol. The van der Waals surface area contributed by atoms with Crippen LogP contribution in [0, 0.1) is 41.4 Å². The zero-order valence-electron chi connectivity index (χ0n) is 39.6. The number of nitrogens with zero attached hydrogens (tertiary/aromatic N) is 1. The Labute approximate surface area is 362 Å². The molecular formula is C48H85N2O10+. The van der Waals surface area contributed by atoms with Crippen LogP contribution in [0.2, 0.25) is 0 Å². The zero-order chi connectivity index (χ0) is 44.6. The van der Waals surface area contributed by atoms with Gasteiger partial charge in [-0.15, -0.1) is 0 Å². The zero-order valence-corrected chi connectivity index (χ0v) is 39.6. The summed E-state index contributed by atoms with van der Waals surface area (Å²) in [6, 6.07) is -0.244. The highest BCUT2D eigenvalue weighted by atomic mass is 16.8. The van der Waals surface area contributed by atoms with E-state index in [0.717, 1.165) is 36.8 Å². The van der Waals surface area contributed by atoms with Crippen molar-refractivity contribution in [1.82, 2.24) is 5.32 Å². The van der Waals surface area contributed by atoms with Crippen LogP contribution >= 0.6 is 0 Å².